The molecule has 1 aliphatic carbocycles. The van der Waals surface area contributed by atoms with E-state index in [1.165, 1.54) is 7.11 Å². The molecule has 1 aliphatic heterocycles. The van der Waals surface area contributed by atoms with E-state index in [2.05, 4.69) is 5.32 Å². The SMILES string of the molecule is COCC(=O)CN1C(=O)NC2(CCCCC2)C1=O. The van der Waals surface area contributed by atoms with Gasteiger partial charge in [0.2, 0.25) is 0 Å². The van der Waals surface area contributed by atoms with E-state index < -0.39 is 11.6 Å². The normalized spacial score (nSPS) is 22.4. The van der Waals surface area contributed by atoms with E-state index in [0.717, 1.165) is 24.2 Å². The number of nitrogens with zero attached hydrogens (tertiary/aromatic N) is 1. The minimum atomic E-state index is -0.747. The number of hydrogen-bond acceptors (Lipinski definition) is 4. The van der Waals surface area contributed by atoms with Crippen LogP contribution in [-0.2, 0) is 14.3 Å². The molecule has 6 heteroatoms. The molecule has 0 aromatic heterocycles. The lowest BCUT2D eigenvalue weighted by Gasteiger charge is -2.30. The van der Waals surface area contributed by atoms with Gasteiger partial charge in [0.15, 0.2) is 5.78 Å². The third-order valence-corrected chi connectivity index (χ3v) is 3.59. The molecular formula is C12H18N2O4. The smallest absolute Gasteiger partial charge is 0.325 e. The number of carbonyl (C=O) groups excluding carboxylic acids is 3. The van der Waals surface area contributed by atoms with E-state index in [1.54, 1.807) is 0 Å². The summed E-state index contributed by atoms with van der Waals surface area (Å²) >= 11 is 0. The first-order chi connectivity index (χ1) is 8.59. The van der Waals surface area contributed by atoms with Crippen LogP contribution in [0.25, 0.3) is 0 Å². The maximum atomic E-state index is 12.3. The lowest BCUT2D eigenvalue weighted by Crippen LogP contribution is -2.48. The van der Waals surface area contributed by atoms with Gasteiger partial charge in [0, 0.05) is 7.11 Å². The summed E-state index contributed by atoms with van der Waals surface area (Å²) in [5.74, 6) is -0.523. The molecular weight excluding hydrogens is 236 g/mol. The van der Waals surface area contributed by atoms with Crippen LogP contribution in [0.2, 0.25) is 0 Å². The molecule has 0 bridgehead atoms. The van der Waals surface area contributed by atoms with Crippen molar-refractivity contribution in [3.05, 3.63) is 0 Å². The molecule has 0 unspecified atom stereocenters. The van der Waals surface area contributed by atoms with Crippen LogP contribution >= 0.6 is 0 Å². The highest BCUT2D eigenvalue weighted by Gasteiger charge is 2.51. The van der Waals surface area contributed by atoms with Gasteiger partial charge in [0.25, 0.3) is 5.91 Å². The second-order valence-corrected chi connectivity index (χ2v) is 4.94. The van der Waals surface area contributed by atoms with Crippen LogP contribution in [0, 0.1) is 0 Å². The van der Waals surface area contributed by atoms with Crippen LogP contribution in [0.4, 0.5) is 4.79 Å². The minimum Gasteiger partial charge on any atom is -0.377 e. The number of rotatable bonds is 4. The molecule has 2 aliphatic rings. The van der Waals surface area contributed by atoms with Gasteiger partial charge in [-0.25, -0.2) is 4.79 Å². The van der Waals surface area contributed by atoms with Gasteiger partial charge in [-0.1, -0.05) is 19.3 Å². The maximum absolute atomic E-state index is 12.3. The van der Waals surface area contributed by atoms with Crippen molar-refractivity contribution < 1.29 is 19.1 Å². The van der Waals surface area contributed by atoms with Crippen molar-refractivity contribution in [2.24, 2.45) is 0 Å². The number of carbonyl (C=O) groups is 3. The minimum absolute atomic E-state index is 0.0793. The fourth-order valence-electron chi connectivity index (χ4n) is 2.70. The Balaban J connectivity index is 2.07. The number of Topliss-reactive ketones (excluding diaryl/α,β-unsaturated/α-hetero) is 1. The van der Waals surface area contributed by atoms with Gasteiger partial charge in [0.1, 0.15) is 12.1 Å². The summed E-state index contributed by atoms with van der Waals surface area (Å²) in [5.41, 5.74) is -0.747. The quantitative estimate of drug-likeness (QED) is 0.739. The molecule has 0 aromatic carbocycles. The van der Waals surface area contributed by atoms with E-state index in [4.69, 9.17) is 4.74 Å². The molecule has 1 saturated heterocycles. The first-order valence-electron chi connectivity index (χ1n) is 6.24. The predicted octanol–water partition coefficient (Wildman–Crippen LogP) is 0.457. The highest BCUT2D eigenvalue weighted by molar-refractivity contribution is 6.09. The van der Waals surface area contributed by atoms with E-state index in [9.17, 15) is 14.4 Å². The van der Waals surface area contributed by atoms with Crippen LogP contribution in [0.15, 0.2) is 0 Å². The summed E-state index contributed by atoms with van der Waals surface area (Å²) < 4.78 is 4.70. The van der Waals surface area contributed by atoms with Crippen molar-refractivity contribution in [1.29, 1.82) is 0 Å². The molecule has 18 heavy (non-hydrogen) atoms. The van der Waals surface area contributed by atoms with Crippen molar-refractivity contribution in [2.75, 3.05) is 20.3 Å². The van der Waals surface area contributed by atoms with Crippen molar-refractivity contribution in [3.63, 3.8) is 0 Å². The number of ketones is 1. The number of nitrogens with one attached hydrogen (secondary N) is 1. The summed E-state index contributed by atoms with van der Waals surface area (Å²) in [5, 5.41) is 2.76. The molecule has 6 nitrogen and oxygen atoms in total. The largest absolute Gasteiger partial charge is 0.377 e. The average Bonchev–Trinajstić information content (AvgIpc) is 2.55. The first-order valence-corrected chi connectivity index (χ1v) is 6.24. The van der Waals surface area contributed by atoms with E-state index in [1.807, 2.05) is 0 Å². The Morgan fingerprint density at radius 2 is 2.00 bits per heavy atom. The zero-order valence-corrected chi connectivity index (χ0v) is 10.5. The lowest BCUT2D eigenvalue weighted by molar-refractivity contribution is -0.136. The van der Waals surface area contributed by atoms with E-state index in [0.29, 0.717) is 12.8 Å². The molecule has 1 heterocycles. The fraction of sp³-hybridized carbons (Fsp3) is 0.750. The summed E-state index contributed by atoms with van der Waals surface area (Å²) in [6.45, 7) is -0.273. The zero-order valence-electron chi connectivity index (χ0n) is 10.5. The topological polar surface area (TPSA) is 75.7 Å². The number of ether oxygens (including phenoxy) is 1. The standard InChI is InChI=1S/C12H18N2O4/c1-18-8-9(15)7-14-10(16)12(13-11(14)17)5-3-2-4-6-12/h2-8H2,1H3,(H,13,17). The van der Waals surface area contributed by atoms with Crippen molar-refractivity contribution in [2.45, 2.75) is 37.6 Å². The van der Waals surface area contributed by atoms with Crippen molar-refractivity contribution in [1.82, 2.24) is 10.2 Å². The second kappa shape index (κ2) is 5.06. The fourth-order valence-corrected chi connectivity index (χ4v) is 2.70. The third kappa shape index (κ3) is 2.25. The zero-order chi connectivity index (χ0) is 13.2. The summed E-state index contributed by atoms with van der Waals surface area (Å²) in [4.78, 5) is 36.6. The van der Waals surface area contributed by atoms with E-state index in [-0.39, 0.29) is 24.8 Å². The molecule has 1 saturated carbocycles. The lowest BCUT2D eigenvalue weighted by atomic mass is 9.82. The van der Waals surface area contributed by atoms with Gasteiger partial charge < -0.3 is 10.1 Å². The first kappa shape index (κ1) is 13.0. The van der Waals surface area contributed by atoms with E-state index >= 15 is 0 Å². The van der Waals surface area contributed by atoms with Crippen LogP contribution in [0.3, 0.4) is 0 Å². The number of urea groups is 1. The van der Waals surface area contributed by atoms with Crippen LogP contribution in [-0.4, -0.2) is 48.4 Å². The molecule has 2 rings (SSSR count). The molecule has 3 amide bonds. The van der Waals surface area contributed by atoms with Gasteiger partial charge >= 0.3 is 6.03 Å². The molecule has 1 N–H and O–H groups in total. The van der Waals surface area contributed by atoms with Gasteiger partial charge in [-0.05, 0) is 12.8 Å². The Kier molecular flexibility index (Phi) is 3.65. The third-order valence-electron chi connectivity index (χ3n) is 3.59. The Bertz CT molecular complexity index is 374. The highest BCUT2D eigenvalue weighted by atomic mass is 16.5. The Hall–Kier alpha value is -1.43. The number of imide groups is 1. The Morgan fingerprint density at radius 3 is 2.61 bits per heavy atom. The van der Waals surface area contributed by atoms with Crippen LogP contribution in [0.5, 0.6) is 0 Å². The van der Waals surface area contributed by atoms with Gasteiger partial charge in [-0.3, -0.25) is 14.5 Å². The number of methoxy groups -OCH3 is 1. The van der Waals surface area contributed by atoms with Crippen LogP contribution < -0.4 is 5.32 Å². The molecule has 0 atom stereocenters. The van der Waals surface area contributed by atoms with Crippen LogP contribution in [0.1, 0.15) is 32.1 Å². The summed E-state index contributed by atoms with van der Waals surface area (Å²) in [6.07, 6.45) is 4.31. The average molecular weight is 254 g/mol. The Labute approximate surface area is 106 Å². The summed E-state index contributed by atoms with van der Waals surface area (Å²) in [7, 11) is 1.41. The van der Waals surface area contributed by atoms with Crippen molar-refractivity contribution in [3.8, 4) is 0 Å². The number of hydrogen-bond donors (Lipinski definition) is 1. The van der Waals surface area contributed by atoms with Gasteiger partial charge in [-0.15, -0.1) is 0 Å². The van der Waals surface area contributed by atoms with Gasteiger partial charge in [0.05, 0.1) is 6.54 Å². The van der Waals surface area contributed by atoms with Gasteiger partial charge in [-0.2, -0.15) is 0 Å². The highest BCUT2D eigenvalue weighted by Crippen LogP contribution is 2.33. The molecule has 100 valence electrons. The maximum Gasteiger partial charge on any atom is 0.325 e. The number of amides is 3. The van der Waals surface area contributed by atoms with Crippen molar-refractivity contribution >= 4 is 17.7 Å². The predicted molar refractivity (Wildman–Crippen MR) is 62.9 cm³/mol. The molecule has 1 spiro atoms. The monoisotopic (exact) mass is 254 g/mol. The molecule has 0 aromatic rings. The molecule has 0 radical (unpaired) electrons. The molecule has 2 fully saturated rings. The second-order valence-electron chi connectivity index (χ2n) is 4.94. The Morgan fingerprint density at radius 1 is 1.33 bits per heavy atom. The summed E-state index contributed by atoms with van der Waals surface area (Å²) in [6, 6.07) is -0.452.